The van der Waals surface area contributed by atoms with Crippen molar-refractivity contribution in [2.45, 2.75) is 39.2 Å². The first kappa shape index (κ1) is 19.1. The van der Waals surface area contributed by atoms with E-state index in [9.17, 15) is 4.79 Å². The normalized spacial score (nSPS) is 25.9. The lowest BCUT2D eigenvalue weighted by molar-refractivity contribution is -0.123. The van der Waals surface area contributed by atoms with Crippen LogP contribution in [0.2, 0.25) is 0 Å². The fraction of sp³-hybridized carbons (Fsp3) is 0.684. The van der Waals surface area contributed by atoms with E-state index in [1.54, 1.807) is 0 Å². The molecule has 9 nitrogen and oxygen atoms in total. The quantitative estimate of drug-likeness (QED) is 0.591. The maximum atomic E-state index is 12.2. The summed E-state index contributed by atoms with van der Waals surface area (Å²) < 4.78 is 6.13. The molecule has 1 amide bonds. The Morgan fingerprint density at radius 3 is 2.82 bits per heavy atom. The summed E-state index contributed by atoms with van der Waals surface area (Å²) in [5.74, 6) is 0.880. The van der Waals surface area contributed by atoms with Crippen LogP contribution in [0.15, 0.2) is 6.33 Å². The number of nitrogens with one attached hydrogen (secondary N) is 3. The molecular formula is C19H29N7O2. The van der Waals surface area contributed by atoms with Gasteiger partial charge in [0.2, 0.25) is 5.91 Å². The van der Waals surface area contributed by atoms with Gasteiger partial charge in [-0.1, -0.05) is 13.8 Å². The molecule has 0 spiro atoms. The number of carbonyl (C=O) groups excluding carboxylic acids is 1. The number of ether oxygens (including phenoxy) is 1. The van der Waals surface area contributed by atoms with E-state index in [0.717, 1.165) is 42.8 Å². The van der Waals surface area contributed by atoms with Crippen molar-refractivity contribution in [2.75, 3.05) is 44.6 Å². The van der Waals surface area contributed by atoms with Crippen molar-refractivity contribution in [3.05, 3.63) is 12.0 Å². The number of anilines is 1. The van der Waals surface area contributed by atoms with Crippen LogP contribution in [0.1, 0.15) is 32.4 Å². The first-order valence-corrected chi connectivity index (χ1v) is 10.0. The molecule has 3 N–H and O–H groups in total. The van der Waals surface area contributed by atoms with Crippen LogP contribution in [0.3, 0.4) is 0 Å². The molecule has 152 valence electrons. The minimum atomic E-state index is -0.168. The van der Waals surface area contributed by atoms with E-state index < -0.39 is 0 Å². The number of carbonyl (C=O) groups is 1. The number of aryl methyl sites for hydroxylation is 1. The Labute approximate surface area is 164 Å². The van der Waals surface area contributed by atoms with Gasteiger partial charge in [0.1, 0.15) is 12.1 Å². The number of aromatic nitrogens is 4. The zero-order valence-corrected chi connectivity index (χ0v) is 16.8. The summed E-state index contributed by atoms with van der Waals surface area (Å²) in [5.41, 5.74) is 1.52. The lowest BCUT2D eigenvalue weighted by Crippen LogP contribution is -2.53. The van der Waals surface area contributed by atoms with E-state index in [4.69, 9.17) is 4.74 Å². The zero-order chi connectivity index (χ0) is 19.8. The Balaban J connectivity index is 1.30. The largest absolute Gasteiger partial charge is 0.372 e. The van der Waals surface area contributed by atoms with Gasteiger partial charge in [-0.2, -0.15) is 5.10 Å². The molecular weight excluding hydrogens is 358 g/mol. The molecule has 3 fully saturated rings. The molecule has 0 aromatic carbocycles. The third kappa shape index (κ3) is 3.44. The van der Waals surface area contributed by atoms with E-state index in [1.807, 2.05) is 6.92 Å². The number of hydrogen-bond donors (Lipinski definition) is 3. The van der Waals surface area contributed by atoms with Crippen molar-refractivity contribution >= 4 is 22.8 Å². The van der Waals surface area contributed by atoms with E-state index in [-0.39, 0.29) is 16.9 Å². The Bertz CT molecular complexity index is 855. The molecule has 5 rings (SSSR count). The third-order valence-electron chi connectivity index (χ3n) is 6.11. The summed E-state index contributed by atoms with van der Waals surface area (Å²) in [7, 11) is 0. The molecule has 9 heteroatoms. The second-order valence-electron chi connectivity index (χ2n) is 8.19. The van der Waals surface area contributed by atoms with Crippen LogP contribution < -0.4 is 10.6 Å². The number of H-pyrrole nitrogens is 1. The second-order valence-corrected chi connectivity index (χ2v) is 8.19. The van der Waals surface area contributed by atoms with Crippen molar-refractivity contribution in [3.63, 3.8) is 0 Å². The minimum absolute atomic E-state index is 0.0765. The van der Waals surface area contributed by atoms with Crippen LogP contribution in [0.5, 0.6) is 0 Å². The molecule has 2 bridgehead atoms. The van der Waals surface area contributed by atoms with Gasteiger partial charge in [0.25, 0.3) is 0 Å². The summed E-state index contributed by atoms with van der Waals surface area (Å²) >= 11 is 0. The SMILES string of the molecule is CCN(CC)CC(=O)NCC12COC(CNc3ncnc4n[nH]c(C)c34)(C1)C2. The summed E-state index contributed by atoms with van der Waals surface area (Å²) in [5, 5.41) is 14.6. The monoisotopic (exact) mass is 387 g/mol. The van der Waals surface area contributed by atoms with E-state index in [2.05, 4.69) is 49.5 Å². The summed E-state index contributed by atoms with van der Waals surface area (Å²) in [6.45, 7) is 10.4. The van der Waals surface area contributed by atoms with Crippen LogP contribution in [-0.2, 0) is 9.53 Å². The molecule has 1 saturated carbocycles. The summed E-state index contributed by atoms with van der Waals surface area (Å²) in [6, 6.07) is 0. The second kappa shape index (κ2) is 7.29. The molecule has 2 aliphatic heterocycles. The number of rotatable bonds is 9. The maximum absolute atomic E-state index is 12.2. The molecule has 3 aliphatic rings. The van der Waals surface area contributed by atoms with Crippen LogP contribution >= 0.6 is 0 Å². The number of fused-ring (bicyclic) bond motifs is 2. The summed E-state index contributed by atoms with van der Waals surface area (Å²) in [6.07, 6.45) is 3.43. The first-order chi connectivity index (χ1) is 13.5. The lowest BCUT2D eigenvalue weighted by atomic mass is 9.62. The average molecular weight is 387 g/mol. The number of hydrogen-bond acceptors (Lipinski definition) is 7. The molecule has 1 aliphatic carbocycles. The van der Waals surface area contributed by atoms with E-state index in [0.29, 0.717) is 31.9 Å². The van der Waals surface area contributed by atoms with Crippen LogP contribution in [-0.4, -0.2) is 75.9 Å². The van der Waals surface area contributed by atoms with Crippen molar-refractivity contribution in [1.82, 2.24) is 30.4 Å². The molecule has 2 aromatic heterocycles. The summed E-state index contributed by atoms with van der Waals surface area (Å²) in [4.78, 5) is 22.9. The number of aromatic amines is 1. The van der Waals surface area contributed by atoms with Gasteiger partial charge < -0.3 is 15.4 Å². The molecule has 0 unspecified atom stereocenters. The van der Waals surface area contributed by atoms with Crippen molar-refractivity contribution in [2.24, 2.45) is 5.41 Å². The third-order valence-corrected chi connectivity index (χ3v) is 6.11. The molecule has 4 heterocycles. The van der Waals surface area contributed by atoms with Crippen LogP contribution in [0.4, 0.5) is 5.82 Å². The Hall–Kier alpha value is -2.26. The topological polar surface area (TPSA) is 108 Å². The maximum Gasteiger partial charge on any atom is 0.234 e. The molecule has 0 radical (unpaired) electrons. The Kier molecular flexibility index (Phi) is 4.96. The number of nitrogens with zero attached hydrogens (tertiary/aromatic N) is 4. The average Bonchev–Trinajstić information content (AvgIpc) is 3.35. The Morgan fingerprint density at radius 1 is 1.29 bits per heavy atom. The van der Waals surface area contributed by atoms with Gasteiger partial charge in [0.15, 0.2) is 5.65 Å². The highest BCUT2D eigenvalue weighted by molar-refractivity contribution is 5.88. The minimum Gasteiger partial charge on any atom is -0.372 e. The standard InChI is InChI=1S/C19H29N7O2/c1-4-26(5-2)6-14(27)20-9-18-7-19(8-18,28-11-18)10-21-16-15-13(3)24-25-17(15)23-12-22-16/h12H,4-11H2,1-3H3,(H,20,27)(H2,21,22,23,24,25). The van der Waals surface area contributed by atoms with Crippen molar-refractivity contribution in [3.8, 4) is 0 Å². The fourth-order valence-corrected chi connectivity index (χ4v) is 4.55. The molecule has 2 saturated heterocycles. The highest BCUT2D eigenvalue weighted by Gasteiger charge is 2.62. The highest BCUT2D eigenvalue weighted by atomic mass is 16.5. The van der Waals surface area contributed by atoms with Gasteiger partial charge in [-0.05, 0) is 32.9 Å². The van der Waals surface area contributed by atoms with Crippen LogP contribution in [0.25, 0.3) is 11.0 Å². The van der Waals surface area contributed by atoms with Gasteiger partial charge in [-0.25, -0.2) is 9.97 Å². The van der Waals surface area contributed by atoms with E-state index in [1.165, 1.54) is 6.33 Å². The van der Waals surface area contributed by atoms with Gasteiger partial charge in [-0.15, -0.1) is 0 Å². The van der Waals surface area contributed by atoms with Gasteiger partial charge in [0, 0.05) is 24.2 Å². The zero-order valence-electron chi connectivity index (χ0n) is 16.8. The van der Waals surface area contributed by atoms with Gasteiger partial charge >= 0.3 is 0 Å². The van der Waals surface area contributed by atoms with Gasteiger partial charge in [-0.3, -0.25) is 14.8 Å². The molecule has 28 heavy (non-hydrogen) atoms. The number of likely N-dealkylation sites (N-methyl/N-ethyl adjacent to an activating group) is 1. The number of amides is 1. The van der Waals surface area contributed by atoms with Crippen molar-refractivity contribution < 1.29 is 9.53 Å². The van der Waals surface area contributed by atoms with Crippen molar-refractivity contribution in [1.29, 1.82) is 0 Å². The predicted molar refractivity (Wildman–Crippen MR) is 106 cm³/mol. The predicted octanol–water partition coefficient (Wildman–Crippen LogP) is 1.08. The Morgan fingerprint density at radius 2 is 2.07 bits per heavy atom. The first-order valence-electron chi connectivity index (χ1n) is 10.0. The van der Waals surface area contributed by atoms with Crippen LogP contribution in [0, 0.1) is 12.3 Å². The lowest BCUT2D eigenvalue weighted by Gasteiger charge is -2.44. The van der Waals surface area contributed by atoms with Gasteiger partial charge in [0.05, 0.1) is 24.1 Å². The van der Waals surface area contributed by atoms with E-state index >= 15 is 0 Å². The smallest absolute Gasteiger partial charge is 0.234 e. The highest BCUT2D eigenvalue weighted by Crippen LogP contribution is 2.57. The molecule has 2 aromatic rings. The molecule has 0 atom stereocenters. The fourth-order valence-electron chi connectivity index (χ4n) is 4.55.